The second-order valence-corrected chi connectivity index (χ2v) is 8.61. The fraction of sp³-hybridized carbons (Fsp3) is 0.417. The summed E-state index contributed by atoms with van der Waals surface area (Å²) in [6.45, 7) is 9.21. The largest absolute Gasteiger partial charge is 0.459 e. The first kappa shape index (κ1) is 20.9. The molecule has 1 amide bonds. The van der Waals surface area contributed by atoms with Crippen LogP contribution in [0.2, 0.25) is 0 Å². The molecule has 0 aromatic heterocycles. The van der Waals surface area contributed by atoms with E-state index in [1.54, 1.807) is 20.8 Å². The minimum Gasteiger partial charge on any atom is -0.459 e. The summed E-state index contributed by atoms with van der Waals surface area (Å²) >= 11 is 0. The van der Waals surface area contributed by atoms with Gasteiger partial charge in [-0.2, -0.15) is 0 Å². The van der Waals surface area contributed by atoms with Crippen LogP contribution >= 0.6 is 0 Å². The van der Waals surface area contributed by atoms with Gasteiger partial charge in [0.15, 0.2) is 0 Å². The predicted octanol–water partition coefficient (Wildman–Crippen LogP) is 4.99. The molecule has 1 aliphatic rings. The maximum Gasteiger partial charge on any atom is 0.410 e. The van der Waals surface area contributed by atoms with Gasteiger partial charge in [0.05, 0.1) is 0 Å². The standard InChI is InChI=1S/C24H29NO4/c1-16(2)25(14-22(26)29-24(3,4)5)23(27)28-15-21-19-12-8-6-10-17(19)18-11-7-9-13-20(18)21/h6-13,16,21H,14-15H2,1-5H3. The molecule has 0 fully saturated rings. The smallest absolute Gasteiger partial charge is 0.410 e. The van der Waals surface area contributed by atoms with Crippen molar-refractivity contribution in [1.29, 1.82) is 0 Å². The molecule has 3 rings (SSSR count). The van der Waals surface area contributed by atoms with Crippen LogP contribution in [0.4, 0.5) is 4.79 Å². The molecule has 0 heterocycles. The Morgan fingerprint density at radius 3 is 1.97 bits per heavy atom. The number of amides is 1. The molecule has 29 heavy (non-hydrogen) atoms. The summed E-state index contributed by atoms with van der Waals surface area (Å²) in [6.07, 6.45) is -0.507. The quantitative estimate of drug-likeness (QED) is 0.670. The Kier molecular flexibility index (Phi) is 5.96. The normalized spacial score (nSPS) is 13.0. The van der Waals surface area contributed by atoms with Gasteiger partial charge >= 0.3 is 12.1 Å². The van der Waals surface area contributed by atoms with Crippen molar-refractivity contribution in [3.05, 3.63) is 59.7 Å². The zero-order valence-corrected chi connectivity index (χ0v) is 17.8. The van der Waals surface area contributed by atoms with Crippen LogP contribution in [0, 0.1) is 0 Å². The van der Waals surface area contributed by atoms with E-state index in [-0.39, 0.29) is 25.1 Å². The molecular weight excluding hydrogens is 366 g/mol. The number of hydrogen-bond acceptors (Lipinski definition) is 4. The number of benzene rings is 2. The van der Waals surface area contributed by atoms with E-state index >= 15 is 0 Å². The highest BCUT2D eigenvalue weighted by Crippen LogP contribution is 2.44. The summed E-state index contributed by atoms with van der Waals surface area (Å²) in [5.41, 5.74) is 4.08. The average molecular weight is 395 g/mol. The molecule has 0 N–H and O–H groups in total. The molecular formula is C24H29NO4. The van der Waals surface area contributed by atoms with Crippen LogP contribution in [-0.4, -0.2) is 41.8 Å². The summed E-state index contributed by atoms with van der Waals surface area (Å²) in [6, 6.07) is 16.2. The second-order valence-electron chi connectivity index (χ2n) is 8.61. The lowest BCUT2D eigenvalue weighted by atomic mass is 9.98. The van der Waals surface area contributed by atoms with E-state index in [4.69, 9.17) is 9.47 Å². The Balaban J connectivity index is 1.71. The zero-order valence-electron chi connectivity index (χ0n) is 17.8. The van der Waals surface area contributed by atoms with Gasteiger partial charge in [-0.1, -0.05) is 48.5 Å². The SMILES string of the molecule is CC(C)N(CC(=O)OC(C)(C)C)C(=O)OCC1c2ccccc2-c2ccccc21. The minimum absolute atomic E-state index is 0.0121. The third kappa shape index (κ3) is 4.78. The van der Waals surface area contributed by atoms with Crippen LogP contribution in [0.1, 0.15) is 51.7 Å². The number of carbonyl (C=O) groups excluding carboxylic acids is 2. The molecule has 0 saturated carbocycles. The summed E-state index contributed by atoms with van der Waals surface area (Å²) in [5, 5.41) is 0. The third-order valence-corrected chi connectivity index (χ3v) is 4.91. The topological polar surface area (TPSA) is 55.8 Å². The van der Waals surface area contributed by atoms with Gasteiger partial charge in [-0.05, 0) is 56.9 Å². The van der Waals surface area contributed by atoms with Gasteiger partial charge in [-0.25, -0.2) is 4.79 Å². The third-order valence-electron chi connectivity index (χ3n) is 4.91. The lowest BCUT2D eigenvalue weighted by Crippen LogP contribution is -2.43. The minimum atomic E-state index is -0.596. The Morgan fingerprint density at radius 1 is 0.966 bits per heavy atom. The molecule has 2 aromatic carbocycles. The van der Waals surface area contributed by atoms with Crippen molar-refractivity contribution in [2.24, 2.45) is 0 Å². The lowest BCUT2D eigenvalue weighted by molar-refractivity contribution is -0.156. The fourth-order valence-electron chi connectivity index (χ4n) is 3.65. The van der Waals surface area contributed by atoms with Crippen molar-refractivity contribution in [1.82, 2.24) is 4.90 Å². The van der Waals surface area contributed by atoms with Gasteiger partial charge in [-0.15, -0.1) is 0 Å². The van der Waals surface area contributed by atoms with Gasteiger partial charge in [-0.3, -0.25) is 9.69 Å². The fourth-order valence-corrected chi connectivity index (χ4v) is 3.65. The van der Waals surface area contributed by atoms with Gasteiger partial charge in [0.2, 0.25) is 0 Å². The summed E-state index contributed by atoms with van der Waals surface area (Å²) < 4.78 is 11.0. The monoisotopic (exact) mass is 395 g/mol. The van der Waals surface area contributed by atoms with Crippen molar-refractivity contribution in [2.75, 3.05) is 13.2 Å². The van der Waals surface area contributed by atoms with Crippen molar-refractivity contribution in [2.45, 2.75) is 52.2 Å². The van der Waals surface area contributed by atoms with E-state index in [1.807, 2.05) is 38.1 Å². The summed E-state index contributed by atoms with van der Waals surface area (Å²) in [4.78, 5) is 26.4. The van der Waals surface area contributed by atoms with Crippen LogP contribution in [0.3, 0.4) is 0 Å². The number of hydrogen-bond donors (Lipinski definition) is 0. The number of ether oxygens (including phenoxy) is 2. The number of rotatable bonds is 5. The van der Waals surface area contributed by atoms with Gasteiger partial charge in [0.25, 0.3) is 0 Å². The van der Waals surface area contributed by atoms with Crippen LogP contribution in [0.25, 0.3) is 11.1 Å². The molecule has 5 heteroatoms. The summed E-state index contributed by atoms with van der Waals surface area (Å²) in [7, 11) is 0. The summed E-state index contributed by atoms with van der Waals surface area (Å²) in [5.74, 6) is -0.457. The van der Waals surface area contributed by atoms with Crippen molar-refractivity contribution in [3.63, 3.8) is 0 Å². The zero-order chi connectivity index (χ0) is 21.2. The first-order valence-corrected chi connectivity index (χ1v) is 10.0. The van der Waals surface area contributed by atoms with Gasteiger partial charge in [0.1, 0.15) is 18.8 Å². The molecule has 0 radical (unpaired) electrons. The predicted molar refractivity (Wildman–Crippen MR) is 113 cm³/mol. The van der Waals surface area contributed by atoms with Crippen molar-refractivity contribution >= 4 is 12.1 Å². The van der Waals surface area contributed by atoms with Gasteiger partial charge in [0, 0.05) is 12.0 Å². The second kappa shape index (κ2) is 8.27. The maximum absolute atomic E-state index is 12.8. The van der Waals surface area contributed by atoms with E-state index in [1.165, 1.54) is 16.0 Å². The molecule has 0 unspecified atom stereocenters. The number of carbonyl (C=O) groups is 2. The Morgan fingerprint density at radius 2 is 1.48 bits per heavy atom. The van der Waals surface area contributed by atoms with Crippen LogP contribution in [-0.2, 0) is 14.3 Å². The van der Waals surface area contributed by atoms with Gasteiger partial charge < -0.3 is 9.47 Å². The average Bonchev–Trinajstić information content (AvgIpc) is 2.96. The Bertz CT molecular complexity index is 852. The molecule has 0 aliphatic heterocycles. The van der Waals surface area contributed by atoms with E-state index in [2.05, 4.69) is 24.3 Å². The number of fused-ring (bicyclic) bond motifs is 3. The molecule has 154 valence electrons. The first-order chi connectivity index (χ1) is 13.7. The van der Waals surface area contributed by atoms with Crippen LogP contribution in [0.15, 0.2) is 48.5 Å². The van der Waals surface area contributed by atoms with Crippen LogP contribution in [0.5, 0.6) is 0 Å². The number of nitrogens with zero attached hydrogens (tertiary/aromatic N) is 1. The highest BCUT2D eigenvalue weighted by atomic mass is 16.6. The van der Waals surface area contributed by atoms with Crippen LogP contribution < -0.4 is 0 Å². The molecule has 0 spiro atoms. The van der Waals surface area contributed by atoms with E-state index in [0.29, 0.717) is 0 Å². The molecule has 1 aliphatic carbocycles. The molecule has 0 bridgehead atoms. The van der Waals surface area contributed by atoms with Crippen molar-refractivity contribution < 1.29 is 19.1 Å². The maximum atomic E-state index is 12.8. The van der Waals surface area contributed by atoms with E-state index in [0.717, 1.165) is 11.1 Å². The van der Waals surface area contributed by atoms with E-state index < -0.39 is 17.7 Å². The molecule has 5 nitrogen and oxygen atoms in total. The lowest BCUT2D eigenvalue weighted by Gasteiger charge is -2.28. The molecule has 0 saturated heterocycles. The van der Waals surface area contributed by atoms with E-state index in [9.17, 15) is 9.59 Å². The highest BCUT2D eigenvalue weighted by molar-refractivity contribution is 5.80. The molecule has 2 aromatic rings. The Hall–Kier alpha value is -2.82. The van der Waals surface area contributed by atoms with Crippen molar-refractivity contribution in [3.8, 4) is 11.1 Å². The highest BCUT2D eigenvalue weighted by Gasteiger charge is 2.31. The number of esters is 1. The molecule has 0 atom stereocenters. The Labute approximate surface area is 172 Å². The first-order valence-electron chi connectivity index (χ1n) is 10.0.